The van der Waals surface area contributed by atoms with E-state index in [0.29, 0.717) is 10.6 Å². The molecule has 0 saturated heterocycles. The molecule has 31 heavy (non-hydrogen) atoms. The summed E-state index contributed by atoms with van der Waals surface area (Å²) in [6.45, 7) is 1.68. The maximum Gasteiger partial charge on any atom is 0.337 e. The van der Waals surface area contributed by atoms with Gasteiger partial charge in [0.15, 0.2) is 0 Å². The maximum absolute atomic E-state index is 13.0. The van der Waals surface area contributed by atoms with Crippen LogP contribution < -0.4 is 20.9 Å². The van der Waals surface area contributed by atoms with E-state index < -0.39 is 22.1 Å². The number of anilines is 2. The van der Waals surface area contributed by atoms with Crippen LogP contribution in [0.5, 0.6) is 0 Å². The Morgan fingerprint density at radius 3 is 2.35 bits per heavy atom. The number of nitrogens with two attached hydrogens (primary N) is 1. The Bertz CT molecular complexity index is 1180. The number of benzene rings is 2. The summed E-state index contributed by atoms with van der Waals surface area (Å²) < 4.78 is 25.6. The number of sulfonamides is 1. The lowest BCUT2D eigenvalue weighted by Crippen LogP contribution is -2.51. The van der Waals surface area contributed by atoms with E-state index in [1.807, 2.05) is 0 Å². The molecule has 3 aromatic rings. The quantitative estimate of drug-likeness (QED) is 0.462. The van der Waals surface area contributed by atoms with Gasteiger partial charge < -0.3 is 11.1 Å². The molecular weight excluding hydrogens is 463 g/mol. The summed E-state index contributed by atoms with van der Waals surface area (Å²) in [6.07, 6.45) is 2.43. The van der Waals surface area contributed by atoms with Crippen LogP contribution in [0.25, 0.3) is 0 Å². The van der Waals surface area contributed by atoms with Gasteiger partial charge >= 0.3 is 6.03 Å². The van der Waals surface area contributed by atoms with E-state index in [-0.39, 0.29) is 21.6 Å². The summed E-state index contributed by atoms with van der Waals surface area (Å²) in [6, 6.07) is 11.2. The average molecular weight is 481 g/mol. The molecule has 0 fully saturated rings. The van der Waals surface area contributed by atoms with Gasteiger partial charge in [-0.15, -0.1) is 4.83 Å². The molecular formula is C19H18Cl2N6O3S. The van der Waals surface area contributed by atoms with Crippen molar-refractivity contribution in [3.05, 3.63) is 76.5 Å². The zero-order valence-corrected chi connectivity index (χ0v) is 18.5. The fourth-order valence-electron chi connectivity index (χ4n) is 2.61. The van der Waals surface area contributed by atoms with Crippen molar-refractivity contribution in [2.45, 2.75) is 17.9 Å². The molecule has 0 aliphatic rings. The number of rotatable bonds is 6. The van der Waals surface area contributed by atoms with Crippen molar-refractivity contribution in [1.29, 1.82) is 0 Å². The molecule has 0 aliphatic carbocycles. The van der Waals surface area contributed by atoms with E-state index in [1.165, 1.54) is 24.5 Å². The Kier molecular flexibility index (Phi) is 6.96. The molecule has 0 unspecified atom stereocenters. The van der Waals surface area contributed by atoms with E-state index in [0.717, 1.165) is 5.01 Å². The highest BCUT2D eigenvalue weighted by molar-refractivity contribution is 7.89. The molecule has 1 aromatic heterocycles. The van der Waals surface area contributed by atoms with Crippen LogP contribution in [0.3, 0.4) is 0 Å². The molecule has 12 heteroatoms. The molecule has 9 nitrogen and oxygen atoms in total. The Morgan fingerprint density at radius 2 is 1.71 bits per heavy atom. The molecule has 0 spiro atoms. The van der Waals surface area contributed by atoms with Crippen molar-refractivity contribution >= 4 is 50.9 Å². The maximum atomic E-state index is 13.0. The van der Waals surface area contributed by atoms with Gasteiger partial charge in [-0.25, -0.2) is 28.2 Å². The Hall–Kier alpha value is -2.92. The van der Waals surface area contributed by atoms with Crippen LogP contribution >= 0.6 is 23.2 Å². The van der Waals surface area contributed by atoms with Gasteiger partial charge in [0.2, 0.25) is 5.95 Å². The summed E-state index contributed by atoms with van der Waals surface area (Å²) in [7, 11) is -4.10. The van der Waals surface area contributed by atoms with Gasteiger partial charge in [0.1, 0.15) is 5.69 Å². The number of halogens is 2. The first-order valence-corrected chi connectivity index (χ1v) is 11.1. The van der Waals surface area contributed by atoms with Gasteiger partial charge in [-0.1, -0.05) is 53.5 Å². The molecule has 3 rings (SSSR count). The smallest absolute Gasteiger partial charge is 0.337 e. The van der Waals surface area contributed by atoms with Crippen molar-refractivity contribution in [2.75, 3.05) is 10.7 Å². The molecule has 0 bridgehead atoms. The number of nitrogen functional groups attached to an aromatic ring is 1. The fraction of sp³-hybridized carbons (Fsp3) is 0.105. The van der Waals surface area contributed by atoms with Crippen LogP contribution in [0.2, 0.25) is 10.0 Å². The zero-order valence-electron chi connectivity index (χ0n) is 16.2. The SMILES string of the molecule is C[C@H](NC(=O)N(NS(=O)(=O)c1ccccc1)c1cnc(N)nc1)c1cccc(Cl)c1Cl. The number of nitrogens with one attached hydrogen (secondary N) is 2. The monoisotopic (exact) mass is 480 g/mol. The van der Waals surface area contributed by atoms with Gasteiger partial charge in [-0.05, 0) is 30.7 Å². The standard InChI is InChI=1S/C19H18Cl2N6O3S/c1-12(15-8-5-9-16(20)17(15)21)25-19(28)27(13-10-23-18(22)24-11-13)26-31(29,30)14-6-3-2-4-7-14/h2-12,26H,1H3,(H,25,28)(H2,22,23,24)/t12-/m0/s1. The minimum Gasteiger partial charge on any atom is -0.368 e. The van der Waals surface area contributed by atoms with E-state index in [4.69, 9.17) is 28.9 Å². The van der Waals surface area contributed by atoms with Crippen molar-refractivity contribution in [3.8, 4) is 0 Å². The van der Waals surface area contributed by atoms with Crippen LogP contribution in [0.1, 0.15) is 18.5 Å². The molecule has 0 aliphatic heterocycles. The first-order chi connectivity index (χ1) is 14.7. The van der Waals surface area contributed by atoms with Crippen LogP contribution in [-0.2, 0) is 10.0 Å². The molecule has 162 valence electrons. The molecule has 2 amide bonds. The second-order valence-corrected chi connectivity index (χ2v) is 8.80. The van der Waals surface area contributed by atoms with Crippen molar-refractivity contribution in [3.63, 3.8) is 0 Å². The lowest BCUT2D eigenvalue weighted by atomic mass is 10.1. The molecule has 1 atom stereocenters. The topological polar surface area (TPSA) is 130 Å². The highest BCUT2D eigenvalue weighted by Crippen LogP contribution is 2.30. The number of amides is 2. The molecule has 0 saturated carbocycles. The number of urea groups is 1. The first-order valence-electron chi connectivity index (χ1n) is 8.88. The molecule has 1 heterocycles. The lowest BCUT2D eigenvalue weighted by Gasteiger charge is -2.25. The Morgan fingerprint density at radius 1 is 1.06 bits per heavy atom. The Balaban J connectivity index is 1.91. The van der Waals surface area contributed by atoms with Crippen LogP contribution in [0.4, 0.5) is 16.4 Å². The van der Waals surface area contributed by atoms with Crippen LogP contribution in [0.15, 0.2) is 65.8 Å². The third-order valence-electron chi connectivity index (χ3n) is 4.17. The molecule has 4 N–H and O–H groups in total. The van der Waals surface area contributed by atoms with E-state index >= 15 is 0 Å². The highest BCUT2D eigenvalue weighted by Gasteiger charge is 2.26. The number of carbonyl (C=O) groups excluding carboxylic acids is 1. The number of aromatic nitrogens is 2. The molecule has 0 radical (unpaired) electrons. The van der Waals surface area contributed by atoms with E-state index in [9.17, 15) is 13.2 Å². The van der Waals surface area contributed by atoms with Gasteiger partial charge in [-0.2, -0.15) is 0 Å². The number of hydrazine groups is 1. The van der Waals surface area contributed by atoms with E-state index in [2.05, 4.69) is 20.1 Å². The van der Waals surface area contributed by atoms with E-state index in [1.54, 1.807) is 43.3 Å². The minimum absolute atomic E-state index is 0.0323. The summed E-state index contributed by atoms with van der Waals surface area (Å²) in [5.41, 5.74) is 6.11. The van der Waals surface area contributed by atoms with Crippen molar-refractivity contribution < 1.29 is 13.2 Å². The van der Waals surface area contributed by atoms with Crippen molar-refractivity contribution in [1.82, 2.24) is 20.1 Å². The summed E-state index contributed by atoms with van der Waals surface area (Å²) >= 11 is 12.3. The molecule has 2 aromatic carbocycles. The van der Waals surface area contributed by atoms with Gasteiger partial charge in [-0.3, -0.25) is 0 Å². The van der Waals surface area contributed by atoms with Gasteiger partial charge in [0.05, 0.1) is 33.4 Å². The highest BCUT2D eigenvalue weighted by atomic mass is 35.5. The third-order valence-corrected chi connectivity index (χ3v) is 6.32. The number of carbonyl (C=O) groups is 1. The Labute approximate surface area is 189 Å². The number of nitrogens with zero attached hydrogens (tertiary/aromatic N) is 3. The minimum atomic E-state index is -4.10. The second kappa shape index (κ2) is 9.48. The fourth-order valence-corrected chi connectivity index (χ4v) is 4.13. The predicted octanol–water partition coefficient (Wildman–Crippen LogP) is 3.54. The van der Waals surface area contributed by atoms with Crippen LogP contribution in [0, 0.1) is 0 Å². The van der Waals surface area contributed by atoms with Crippen molar-refractivity contribution in [2.24, 2.45) is 0 Å². The van der Waals surface area contributed by atoms with Gasteiger partial charge in [0, 0.05) is 0 Å². The van der Waals surface area contributed by atoms with Gasteiger partial charge in [0.25, 0.3) is 10.0 Å². The average Bonchev–Trinajstić information content (AvgIpc) is 2.75. The predicted molar refractivity (Wildman–Crippen MR) is 119 cm³/mol. The lowest BCUT2D eigenvalue weighted by molar-refractivity contribution is 0.242. The second-order valence-electron chi connectivity index (χ2n) is 6.36. The first kappa shape index (κ1) is 22.8. The number of hydrogen-bond acceptors (Lipinski definition) is 6. The summed E-state index contributed by atoms with van der Waals surface area (Å²) in [5.74, 6) is -0.0332. The zero-order chi connectivity index (χ0) is 22.6. The summed E-state index contributed by atoms with van der Waals surface area (Å²) in [4.78, 5) is 22.9. The van der Waals surface area contributed by atoms with Crippen LogP contribution in [-0.4, -0.2) is 24.4 Å². The summed E-state index contributed by atoms with van der Waals surface area (Å²) in [5, 5.41) is 4.07. The normalized spacial score (nSPS) is 12.2. The third kappa shape index (κ3) is 5.42. The largest absolute Gasteiger partial charge is 0.368 e. The number of hydrogen-bond donors (Lipinski definition) is 3.